The van der Waals surface area contributed by atoms with E-state index >= 15 is 0 Å². The second-order valence-electron chi connectivity index (χ2n) is 5.76. The van der Waals surface area contributed by atoms with Gasteiger partial charge in [0.25, 0.3) is 0 Å². The Morgan fingerprint density at radius 1 is 1.19 bits per heavy atom. The van der Waals surface area contributed by atoms with Crippen LogP contribution >= 0.6 is 12.4 Å². The second kappa shape index (κ2) is 10.1. The van der Waals surface area contributed by atoms with Crippen molar-refractivity contribution in [2.24, 2.45) is 0 Å². The SMILES string of the molecule is Cl.O=C(CCNS(=O)(=O)c1ccc(OC(F)(F)F)cc1)NC1CCNCC1. The average Bonchev–Trinajstić information content (AvgIpc) is 2.54. The molecule has 0 unspecified atom stereocenters. The van der Waals surface area contributed by atoms with Crippen LogP contribution in [0, 0.1) is 0 Å². The summed E-state index contributed by atoms with van der Waals surface area (Å²) in [6, 6.07) is 3.90. The van der Waals surface area contributed by atoms with Crippen LogP contribution in [0.15, 0.2) is 29.2 Å². The number of carbonyl (C=O) groups excluding carboxylic acids is 1. The average molecular weight is 432 g/mol. The number of hydrogen-bond donors (Lipinski definition) is 3. The summed E-state index contributed by atoms with van der Waals surface area (Å²) in [6.07, 6.45) is -3.23. The number of rotatable bonds is 7. The Kier molecular flexibility index (Phi) is 8.79. The molecule has 1 heterocycles. The summed E-state index contributed by atoms with van der Waals surface area (Å²) in [5.41, 5.74) is 0. The lowest BCUT2D eigenvalue weighted by atomic mass is 10.1. The number of alkyl halides is 3. The van der Waals surface area contributed by atoms with E-state index in [4.69, 9.17) is 0 Å². The maximum Gasteiger partial charge on any atom is 0.573 e. The maximum absolute atomic E-state index is 12.1. The summed E-state index contributed by atoms with van der Waals surface area (Å²) in [4.78, 5) is 11.6. The molecule has 12 heteroatoms. The number of hydrogen-bond acceptors (Lipinski definition) is 5. The van der Waals surface area contributed by atoms with Gasteiger partial charge in [0.1, 0.15) is 5.75 Å². The van der Waals surface area contributed by atoms with E-state index in [-0.39, 0.29) is 42.2 Å². The van der Waals surface area contributed by atoms with Crippen LogP contribution in [-0.2, 0) is 14.8 Å². The maximum atomic E-state index is 12.1. The molecule has 0 spiro atoms. The smallest absolute Gasteiger partial charge is 0.406 e. The van der Waals surface area contributed by atoms with E-state index < -0.39 is 22.1 Å². The Morgan fingerprint density at radius 3 is 2.33 bits per heavy atom. The lowest BCUT2D eigenvalue weighted by Crippen LogP contribution is -2.43. The van der Waals surface area contributed by atoms with Crippen LogP contribution in [0.5, 0.6) is 5.75 Å². The first kappa shape index (κ1) is 23.5. The number of amides is 1. The van der Waals surface area contributed by atoms with Crippen LogP contribution in [0.1, 0.15) is 19.3 Å². The normalized spacial score (nSPS) is 15.7. The highest BCUT2D eigenvalue weighted by Crippen LogP contribution is 2.23. The van der Waals surface area contributed by atoms with Gasteiger partial charge in [0.2, 0.25) is 15.9 Å². The third-order valence-corrected chi connectivity index (χ3v) is 5.19. The fraction of sp³-hybridized carbons (Fsp3) is 0.533. The second-order valence-corrected chi connectivity index (χ2v) is 7.53. The minimum absolute atomic E-state index is 0. The Morgan fingerprint density at radius 2 is 1.78 bits per heavy atom. The monoisotopic (exact) mass is 431 g/mol. The van der Waals surface area contributed by atoms with Gasteiger partial charge in [-0.25, -0.2) is 13.1 Å². The van der Waals surface area contributed by atoms with Crippen molar-refractivity contribution in [1.82, 2.24) is 15.4 Å². The molecule has 0 aliphatic carbocycles. The summed E-state index contributed by atoms with van der Waals surface area (Å²) in [5, 5.41) is 6.01. The topological polar surface area (TPSA) is 96.5 Å². The van der Waals surface area contributed by atoms with Crippen molar-refractivity contribution in [1.29, 1.82) is 0 Å². The minimum atomic E-state index is -4.85. The van der Waals surface area contributed by atoms with Crippen LogP contribution in [-0.4, -0.2) is 46.4 Å². The van der Waals surface area contributed by atoms with Gasteiger partial charge in [-0.2, -0.15) is 0 Å². The number of piperidine rings is 1. The zero-order valence-electron chi connectivity index (χ0n) is 14.2. The van der Waals surface area contributed by atoms with Gasteiger partial charge in [-0.15, -0.1) is 25.6 Å². The summed E-state index contributed by atoms with van der Waals surface area (Å²) >= 11 is 0. The van der Waals surface area contributed by atoms with Crippen molar-refractivity contribution in [2.75, 3.05) is 19.6 Å². The van der Waals surface area contributed by atoms with Crippen LogP contribution in [0.3, 0.4) is 0 Å². The Balaban J connectivity index is 0.00000364. The van der Waals surface area contributed by atoms with Gasteiger partial charge in [0.15, 0.2) is 0 Å². The molecule has 1 aromatic carbocycles. The van der Waals surface area contributed by atoms with Crippen molar-refractivity contribution in [3.63, 3.8) is 0 Å². The van der Waals surface area contributed by atoms with E-state index in [2.05, 4.69) is 20.1 Å². The molecular formula is C15H21ClF3N3O4S. The van der Waals surface area contributed by atoms with Crippen LogP contribution in [0.25, 0.3) is 0 Å². The quantitative estimate of drug-likeness (QED) is 0.608. The van der Waals surface area contributed by atoms with Gasteiger partial charge in [-0.3, -0.25) is 4.79 Å². The van der Waals surface area contributed by atoms with E-state index in [1.807, 2.05) is 0 Å². The predicted octanol–water partition coefficient (Wildman–Crippen LogP) is 1.54. The first-order chi connectivity index (χ1) is 12.2. The summed E-state index contributed by atoms with van der Waals surface area (Å²) in [6.45, 7) is 1.54. The third kappa shape index (κ3) is 8.33. The van der Waals surface area contributed by atoms with E-state index in [1.165, 1.54) is 0 Å². The Hall–Kier alpha value is -1.56. The van der Waals surface area contributed by atoms with Crippen molar-refractivity contribution >= 4 is 28.3 Å². The molecule has 0 aromatic heterocycles. The summed E-state index contributed by atoms with van der Waals surface area (Å²) in [7, 11) is -3.93. The van der Waals surface area contributed by atoms with E-state index in [0.29, 0.717) is 0 Å². The van der Waals surface area contributed by atoms with Crippen molar-refractivity contribution < 1.29 is 31.1 Å². The van der Waals surface area contributed by atoms with Crippen LogP contribution in [0.4, 0.5) is 13.2 Å². The van der Waals surface area contributed by atoms with E-state index in [0.717, 1.165) is 50.2 Å². The highest BCUT2D eigenvalue weighted by molar-refractivity contribution is 7.89. The highest BCUT2D eigenvalue weighted by Gasteiger charge is 2.31. The summed E-state index contributed by atoms with van der Waals surface area (Å²) < 4.78 is 66.4. The van der Waals surface area contributed by atoms with Gasteiger partial charge in [-0.1, -0.05) is 0 Å². The van der Waals surface area contributed by atoms with Gasteiger partial charge < -0.3 is 15.4 Å². The number of halogens is 4. The van der Waals surface area contributed by atoms with E-state index in [1.54, 1.807) is 0 Å². The molecular weight excluding hydrogens is 411 g/mol. The minimum Gasteiger partial charge on any atom is -0.406 e. The van der Waals surface area contributed by atoms with Crippen LogP contribution < -0.4 is 20.1 Å². The molecule has 1 saturated heterocycles. The van der Waals surface area contributed by atoms with Gasteiger partial charge in [-0.05, 0) is 50.2 Å². The molecule has 1 fully saturated rings. The first-order valence-electron chi connectivity index (χ1n) is 8.01. The van der Waals surface area contributed by atoms with Crippen molar-refractivity contribution in [2.45, 2.75) is 36.6 Å². The molecule has 7 nitrogen and oxygen atoms in total. The van der Waals surface area contributed by atoms with Gasteiger partial charge in [0, 0.05) is 19.0 Å². The predicted molar refractivity (Wildman–Crippen MR) is 94.2 cm³/mol. The fourth-order valence-electron chi connectivity index (χ4n) is 2.47. The zero-order chi connectivity index (χ0) is 19.2. The number of carbonyl (C=O) groups is 1. The lowest BCUT2D eigenvalue weighted by molar-refractivity contribution is -0.274. The Bertz CT molecular complexity index is 708. The van der Waals surface area contributed by atoms with Gasteiger partial charge >= 0.3 is 6.36 Å². The van der Waals surface area contributed by atoms with Crippen LogP contribution in [0.2, 0.25) is 0 Å². The fourth-order valence-corrected chi connectivity index (χ4v) is 3.50. The molecule has 1 amide bonds. The molecule has 3 N–H and O–H groups in total. The zero-order valence-corrected chi connectivity index (χ0v) is 15.8. The Labute approximate surface area is 161 Å². The largest absolute Gasteiger partial charge is 0.573 e. The van der Waals surface area contributed by atoms with Gasteiger partial charge in [0.05, 0.1) is 4.90 Å². The molecule has 1 aliphatic heterocycles. The highest BCUT2D eigenvalue weighted by atomic mass is 35.5. The molecule has 0 radical (unpaired) electrons. The first-order valence-corrected chi connectivity index (χ1v) is 9.49. The number of ether oxygens (including phenoxy) is 1. The number of benzene rings is 1. The molecule has 0 saturated carbocycles. The third-order valence-electron chi connectivity index (χ3n) is 3.72. The standard InChI is InChI=1S/C15H20F3N3O4S.ClH/c16-15(17,18)25-12-1-3-13(4-2-12)26(23,24)20-10-7-14(22)21-11-5-8-19-9-6-11;/h1-4,11,19-20H,5-10H2,(H,21,22);1H. The van der Waals surface area contributed by atoms with Crippen molar-refractivity contribution in [3.8, 4) is 5.75 Å². The molecule has 2 rings (SSSR count). The number of nitrogens with one attached hydrogen (secondary N) is 3. The number of sulfonamides is 1. The molecule has 1 aromatic rings. The molecule has 27 heavy (non-hydrogen) atoms. The molecule has 154 valence electrons. The van der Waals surface area contributed by atoms with Crippen molar-refractivity contribution in [3.05, 3.63) is 24.3 Å². The summed E-state index contributed by atoms with van der Waals surface area (Å²) in [5.74, 6) is -0.772. The van der Waals surface area contributed by atoms with E-state index in [9.17, 15) is 26.4 Å². The molecule has 1 aliphatic rings. The molecule has 0 atom stereocenters. The lowest BCUT2D eigenvalue weighted by Gasteiger charge is -2.23. The molecule has 0 bridgehead atoms.